The third kappa shape index (κ3) is 4.05. The lowest BCUT2D eigenvalue weighted by atomic mass is 10.2. The minimum atomic E-state index is -2.77. The fourth-order valence-electron chi connectivity index (χ4n) is 3.03. The average molecular weight is 412 g/mol. The summed E-state index contributed by atoms with van der Waals surface area (Å²) in [7, 11) is 0. The van der Waals surface area contributed by atoms with Gasteiger partial charge < -0.3 is 25.4 Å². The Labute approximate surface area is 165 Å². The highest BCUT2D eigenvalue weighted by Crippen LogP contribution is 2.36. The van der Waals surface area contributed by atoms with Gasteiger partial charge in [0, 0.05) is 24.5 Å². The molecule has 28 heavy (non-hydrogen) atoms. The van der Waals surface area contributed by atoms with E-state index < -0.39 is 12.5 Å². The van der Waals surface area contributed by atoms with Gasteiger partial charge in [-0.3, -0.25) is 0 Å². The number of hydrogen-bond donors (Lipinski definition) is 2. The van der Waals surface area contributed by atoms with Crippen molar-refractivity contribution in [3.63, 3.8) is 0 Å². The van der Waals surface area contributed by atoms with Crippen LogP contribution in [-0.2, 0) is 11.3 Å². The van der Waals surface area contributed by atoms with Crippen molar-refractivity contribution in [3.05, 3.63) is 34.9 Å². The highest BCUT2D eigenvalue weighted by Gasteiger charge is 2.40. The van der Waals surface area contributed by atoms with Crippen LogP contribution in [0.4, 0.5) is 26.1 Å². The van der Waals surface area contributed by atoms with Crippen LogP contribution in [0.25, 0.3) is 0 Å². The highest BCUT2D eigenvalue weighted by atomic mass is 35.5. The van der Waals surface area contributed by atoms with Crippen molar-refractivity contribution < 1.29 is 18.3 Å². The van der Waals surface area contributed by atoms with E-state index in [1.807, 2.05) is 18.2 Å². The van der Waals surface area contributed by atoms with E-state index in [1.54, 1.807) is 6.07 Å². The number of aromatic nitrogens is 2. The molecule has 0 unspecified atom stereocenters. The average Bonchev–Trinajstić information content (AvgIpc) is 2.99. The number of nitrogens with two attached hydrogens (primary N) is 1. The number of alkyl halides is 2. The molecule has 7 nitrogen and oxygen atoms in total. The zero-order valence-corrected chi connectivity index (χ0v) is 15.8. The van der Waals surface area contributed by atoms with Crippen LogP contribution in [0.5, 0.6) is 6.01 Å². The summed E-state index contributed by atoms with van der Waals surface area (Å²) in [5, 5.41) is 3.72. The summed E-state index contributed by atoms with van der Waals surface area (Å²) in [5.74, 6) is -2.22. The zero-order valence-electron chi connectivity index (χ0n) is 15.0. The molecule has 4 rings (SSSR count). The number of nitrogen functional groups attached to an aromatic ring is 1. The summed E-state index contributed by atoms with van der Waals surface area (Å²) in [6.07, 6.45) is -0.404. The summed E-state index contributed by atoms with van der Waals surface area (Å²) >= 11 is 6.19. The molecule has 3 heterocycles. The standard InChI is InChI=1S/C18H20ClF2N5O2/c19-13-4-2-1-3-11(13)7-23-15-14(22)16(26-6-5-18(20,21)10-26)25-17(24-15)28-12-8-27-9-12/h1-4,12H,5-10,22H2,(H,23,24,25). The first-order chi connectivity index (χ1) is 13.4. The molecular weight excluding hydrogens is 392 g/mol. The second-order valence-corrected chi connectivity index (χ2v) is 7.25. The smallest absolute Gasteiger partial charge is 0.320 e. The van der Waals surface area contributed by atoms with Crippen molar-refractivity contribution in [3.8, 4) is 6.01 Å². The molecule has 10 heteroatoms. The molecular formula is C18H20ClF2N5O2. The molecule has 0 spiro atoms. The predicted octanol–water partition coefficient (Wildman–Crippen LogP) is 2.95. The van der Waals surface area contributed by atoms with Crippen LogP contribution in [0.3, 0.4) is 0 Å². The maximum atomic E-state index is 13.7. The summed E-state index contributed by atoms with van der Waals surface area (Å²) in [6.45, 7) is 0.956. The number of anilines is 3. The molecule has 0 aliphatic carbocycles. The number of benzene rings is 1. The molecule has 2 fully saturated rings. The lowest BCUT2D eigenvalue weighted by Gasteiger charge is -2.27. The molecule has 1 aromatic heterocycles. The zero-order chi connectivity index (χ0) is 19.7. The van der Waals surface area contributed by atoms with Crippen LogP contribution < -0.4 is 20.7 Å². The first kappa shape index (κ1) is 18.9. The van der Waals surface area contributed by atoms with E-state index in [0.29, 0.717) is 30.6 Å². The van der Waals surface area contributed by atoms with Crippen molar-refractivity contribution in [1.29, 1.82) is 0 Å². The Morgan fingerprint density at radius 1 is 1.32 bits per heavy atom. The van der Waals surface area contributed by atoms with Gasteiger partial charge in [0.1, 0.15) is 11.8 Å². The largest absolute Gasteiger partial charge is 0.455 e. The summed E-state index contributed by atoms with van der Waals surface area (Å²) in [5.41, 5.74) is 7.26. The molecule has 2 aliphatic heterocycles. The number of ether oxygens (including phenoxy) is 2. The van der Waals surface area contributed by atoms with E-state index in [1.165, 1.54) is 4.90 Å². The lowest BCUT2D eigenvalue weighted by Crippen LogP contribution is -2.39. The van der Waals surface area contributed by atoms with Crippen molar-refractivity contribution in [2.45, 2.75) is 25.0 Å². The van der Waals surface area contributed by atoms with Gasteiger partial charge in [0.2, 0.25) is 0 Å². The first-order valence-corrected chi connectivity index (χ1v) is 9.31. The van der Waals surface area contributed by atoms with Gasteiger partial charge in [-0.25, -0.2) is 8.78 Å². The third-order valence-corrected chi connectivity index (χ3v) is 5.03. The van der Waals surface area contributed by atoms with Gasteiger partial charge >= 0.3 is 6.01 Å². The van der Waals surface area contributed by atoms with E-state index in [4.69, 9.17) is 26.8 Å². The Morgan fingerprint density at radius 3 is 2.75 bits per heavy atom. The summed E-state index contributed by atoms with van der Waals surface area (Å²) < 4.78 is 38.2. The van der Waals surface area contributed by atoms with E-state index in [9.17, 15) is 8.78 Å². The van der Waals surface area contributed by atoms with Gasteiger partial charge in [-0.1, -0.05) is 29.8 Å². The maximum Gasteiger partial charge on any atom is 0.320 e. The second-order valence-electron chi connectivity index (χ2n) is 6.84. The van der Waals surface area contributed by atoms with E-state index >= 15 is 0 Å². The van der Waals surface area contributed by atoms with Gasteiger partial charge in [-0.2, -0.15) is 9.97 Å². The Kier molecular flexibility index (Phi) is 5.11. The van der Waals surface area contributed by atoms with E-state index in [-0.39, 0.29) is 36.6 Å². The SMILES string of the molecule is Nc1c(NCc2ccccc2Cl)nc(OC2COC2)nc1N1CCC(F)(F)C1. The molecule has 0 atom stereocenters. The predicted molar refractivity (Wildman–Crippen MR) is 102 cm³/mol. The number of nitrogens with one attached hydrogen (secondary N) is 1. The summed E-state index contributed by atoms with van der Waals surface area (Å²) in [4.78, 5) is 10.1. The van der Waals surface area contributed by atoms with Crippen molar-refractivity contribution in [1.82, 2.24) is 9.97 Å². The minimum Gasteiger partial charge on any atom is -0.455 e. The van der Waals surface area contributed by atoms with Crippen LogP contribution in [-0.4, -0.2) is 48.3 Å². The maximum absolute atomic E-state index is 13.7. The Morgan fingerprint density at radius 2 is 2.11 bits per heavy atom. The number of hydrogen-bond acceptors (Lipinski definition) is 7. The van der Waals surface area contributed by atoms with Gasteiger partial charge in [-0.05, 0) is 11.6 Å². The van der Waals surface area contributed by atoms with Crippen LogP contribution in [0, 0.1) is 0 Å². The Bertz CT molecular complexity index is 866. The van der Waals surface area contributed by atoms with Crippen molar-refractivity contribution in [2.24, 2.45) is 0 Å². The minimum absolute atomic E-state index is 0.0781. The molecule has 1 aromatic carbocycles. The molecule has 2 aromatic rings. The van der Waals surface area contributed by atoms with Crippen LogP contribution in [0.15, 0.2) is 24.3 Å². The Hall–Kier alpha value is -2.39. The molecule has 0 amide bonds. The monoisotopic (exact) mass is 411 g/mol. The highest BCUT2D eigenvalue weighted by molar-refractivity contribution is 6.31. The third-order valence-electron chi connectivity index (χ3n) is 4.66. The first-order valence-electron chi connectivity index (χ1n) is 8.93. The fraction of sp³-hybridized carbons (Fsp3) is 0.444. The summed E-state index contributed by atoms with van der Waals surface area (Å²) in [6, 6.07) is 7.44. The number of halogens is 3. The molecule has 0 bridgehead atoms. The molecule has 2 saturated heterocycles. The van der Waals surface area contributed by atoms with Gasteiger partial charge in [0.15, 0.2) is 11.6 Å². The van der Waals surface area contributed by atoms with Crippen LogP contribution in [0.2, 0.25) is 5.02 Å². The van der Waals surface area contributed by atoms with Gasteiger partial charge in [-0.15, -0.1) is 0 Å². The van der Waals surface area contributed by atoms with Gasteiger partial charge in [0.25, 0.3) is 5.92 Å². The molecule has 0 radical (unpaired) electrons. The topological polar surface area (TPSA) is 85.5 Å². The van der Waals surface area contributed by atoms with Gasteiger partial charge in [0.05, 0.1) is 19.8 Å². The molecule has 150 valence electrons. The van der Waals surface area contributed by atoms with E-state index in [0.717, 1.165) is 5.56 Å². The quantitative estimate of drug-likeness (QED) is 0.755. The van der Waals surface area contributed by atoms with Crippen LogP contribution in [0.1, 0.15) is 12.0 Å². The van der Waals surface area contributed by atoms with Crippen molar-refractivity contribution in [2.75, 3.05) is 42.3 Å². The normalized spacial score (nSPS) is 18.8. The van der Waals surface area contributed by atoms with E-state index in [2.05, 4.69) is 15.3 Å². The van der Waals surface area contributed by atoms with Crippen LogP contribution >= 0.6 is 11.6 Å². The second kappa shape index (κ2) is 7.56. The number of rotatable bonds is 6. The fourth-order valence-corrected chi connectivity index (χ4v) is 3.24. The molecule has 3 N–H and O–H groups in total. The Balaban J connectivity index is 1.61. The molecule has 0 saturated carbocycles. The van der Waals surface area contributed by atoms with Crippen molar-refractivity contribution >= 4 is 28.9 Å². The number of nitrogens with zero attached hydrogens (tertiary/aromatic N) is 3. The lowest BCUT2D eigenvalue weighted by molar-refractivity contribution is -0.0830. The molecule has 2 aliphatic rings.